The first-order valence-electron chi connectivity index (χ1n) is 37.6. The molecular weight excluding hydrogens is 1310 g/mol. The van der Waals surface area contributed by atoms with Gasteiger partial charge in [0.05, 0.1) is 57.6 Å². The zero-order valence-electron chi connectivity index (χ0n) is 62.8. The number of ketones is 2. The molecule has 2 rings (SSSR count). The van der Waals surface area contributed by atoms with Crippen molar-refractivity contribution in [1.29, 1.82) is 0 Å². The van der Waals surface area contributed by atoms with E-state index in [0.29, 0.717) is 19.3 Å². The van der Waals surface area contributed by atoms with Crippen LogP contribution in [0.4, 0.5) is 0 Å². The van der Waals surface area contributed by atoms with Crippen molar-refractivity contribution in [1.82, 2.24) is 5.32 Å². The lowest BCUT2D eigenvalue weighted by Gasteiger charge is -2.47. The van der Waals surface area contributed by atoms with Gasteiger partial charge < -0.3 is 47.9 Å². The fourth-order valence-corrected chi connectivity index (χ4v) is 13.1. The van der Waals surface area contributed by atoms with Crippen LogP contribution < -0.4 is 5.32 Å². The standard InChI is InChI=1S/C83H122NO17P/c1-11-18-22-26-29-32-34-36-37-39-41-43-45-49-53-57-76(88)84-77-81(93-64-58-72(91-10)56-52-47-25-21-14-4)80(101-102(89,96-61-16-6)97-62-17-7)75(68-90-9)100-83(77)95-65-59-74-79(98-69(8)85)78(92-63-54-50-46-31-28-24-20-13-3)73(82(99-74)94-60-15-5)67-71(87)66-70(86)55-51-48-44-42-40-38-35-33-30-27-23-19-12-2/h2,15-17,32,34,60,72-75,77-83H,6-7,11,13-14,18,20-22,24-26,28-29,31,36-37,39,41,43,45-47,49-50,52-59,61-68H2,1,3-5,8-10H3,(H,84,88)/b34-32-,60-15-/t72-,73-,74-,75-,77-,78-,79-,80-,81-,82+,83?/m1/s1. The number of methoxy groups -OCH3 is 2. The molecule has 0 aliphatic carbocycles. The topological polar surface area (TPSA) is 208 Å². The van der Waals surface area contributed by atoms with Gasteiger partial charge in [-0.3, -0.25) is 32.7 Å². The molecule has 566 valence electrons. The number of phosphoric ester groups is 1. The van der Waals surface area contributed by atoms with Gasteiger partial charge in [-0.05, 0) is 129 Å². The summed E-state index contributed by atoms with van der Waals surface area (Å²) in [5, 5.41) is 3.21. The first-order valence-corrected chi connectivity index (χ1v) is 39.1. The van der Waals surface area contributed by atoms with E-state index in [1.54, 1.807) is 20.1 Å². The molecule has 0 bridgehead atoms. The highest BCUT2D eigenvalue weighted by atomic mass is 31.2. The molecule has 2 heterocycles. The number of amides is 1. The van der Waals surface area contributed by atoms with Gasteiger partial charge in [-0.1, -0.05) is 185 Å². The van der Waals surface area contributed by atoms with Crippen molar-refractivity contribution < 1.29 is 79.9 Å². The third kappa shape index (κ3) is 43.8. The normalized spacial score (nSPS) is 20.2. The average Bonchev–Trinajstić information content (AvgIpc) is 0.788. The maximum Gasteiger partial charge on any atom is 0.475 e. The first-order chi connectivity index (χ1) is 49.8. The monoisotopic (exact) mass is 1440 g/mol. The summed E-state index contributed by atoms with van der Waals surface area (Å²) in [6, 6.07) is -1.11. The van der Waals surface area contributed by atoms with Crippen LogP contribution in [0.5, 0.6) is 0 Å². The zero-order chi connectivity index (χ0) is 74.4. The number of rotatable bonds is 59. The largest absolute Gasteiger partial charge is 0.475 e. The van der Waals surface area contributed by atoms with Crippen LogP contribution in [-0.4, -0.2) is 139 Å². The van der Waals surface area contributed by atoms with Gasteiger partial charge in [-0.15, -0.1) is 19.6 Å². The molecule has 19 heteroatoms. The Morgan fingerprint density at radius 3 is 1.70 bits per heavy atom. The third-order valence-corrected chi connectivity index (χ3v) is 18.4. The molecule has 1 N–H and O–H groups in total. The van der Waals surface area contributed by atoms with Gasteiger partial charge >= 0.3 is 13.8 Å². The maximum absolute atomic E-state index is 14.7. The van der Waals surface area contributed by atoms with E-state index in [9.17, 15) is 23.7 Å². The maximum atomic E-state index is 14.7. The molecule has 0 radical (unpaired) electrons. The van der Waals surface area contributed by atoms with Crippen molar-refractivity contribution in [3.63, 3.8) is 0 Å². The molecule has 0 aromatic carbocycles. The van der Waals surface area contributed by atoms with Gasteiger partial charge in [-0.2, -0.15) is 0 Å². The summed E-state index contributed by atoms with van der Waals surface area (Å²) in [7, 11) is -1.29. The summed E-state index contributed by atoms with van der Waals surface area (Å²) in [5.74, 6) is 29.6. The van der Waals surface area contributed by atoms with Gasteiger partial charge in [0.15, 0.2) is 18.2 Å². The van der Waals surface area contributed by atoms with Crippen molar-refractivity contribution in [3.05, 3.63) is 49.8 Å². The van der Waals surface area contributed by atoms with Crippen LogP contribution in [0.25, 0.3) is 0 Å². The molecule has 1 unspecified atom stereocenters. The lowest BCUT2D eigenvalue weighted by Crippen LogP contribution is -2.66. The number of unbranched alkanes of at least 4 members (excludes halogenated alkanes) is 22. The molecule has 11 atom stereocenters. The van der Waals surface area contributed by atoms with Crippen molar-refractivity contribution in [3.8, 4) is 83.4 Å². The number of carbonyl (C=O) groups excluding carboxylic acids is 4. The van der Waals surface area contributed by atoms with Crippen LogP contribution in [0.15, 0.2) is 49.8 Å². The van der Waals surface area contributed by atoms with E-state index in [-0.39, 0.29) is 77.3 Å². The molecule has 1 amide bonds. The predicted octanol–water partition coefficient (Wildman–Crippen LogP) is 15.6. The Labute approximate surface area is 614 Å². The Bertz CT molecular complexity index is 2900. The Hall–Kier alpha value is -6.21. The van der Waals surface area contributed by atoms with Gasteiger partial charge in [-0.25, -0.2) is 4.57 Å². The third-order valence-electron chi connectivity index (χ3n) is 17.0. The molecule has 0 aromatic heterocycles. The summed E-state index contributed by atoms with van der Waals surface area (Å²) in [6.07, 6.45) is 35.3. The lowest BCUT2D eigenvalue weighted by molar-refractivity contribution is -0.292. The fourth-order valence-electron chi connectivity index (χ4n) is 11.8. The van der Waals surface area contributed by atoms with E-state index in [0.717, 1.165) is 122 Å². The SMILES string of the molecule is C#CC#CC#CC#CC#CC#CC#CCC(=O)CC(=O)C[C@H]1[C@@H](O/C=C\C)O[C@H](CCOC2O[C@H](COC)[C@@H](OP(=O)(OCC=C)OCC=C)[C@H](OCC[C@@H](CCCCCCC)OC)[C@H]2NC(=O)CCCCCCCCC/C=C\CCCCCC)[C@@H](OC(C)=O)[C@@H]1OCCCCCCCCCC. The highest BCUT2D eigenvalue weighted by Crippen LogP contribution is 2.52. The summed E-state index contributed by atoms with van der Waals surface area (Å²) in [6.45, 7) is 16.9. The summed E-state index contributed by atoms with van der Waals surface area (Å²) in [4.78, 5) is 55.2. The molecule has 2 saturated heterocycles. The molecular formula is C83H122NO17P. The Balaban J connectivity index is 2.65. The van der Waals surface area contributed by atoms with Crippen molar-refractivity contribution in [2.75, 3.05) is 53.9 Å². The van der Waals surface area contributed by atoms with E-state index >= 15 is 0 Å². The smallest absolute Gasteiger partial charge is 0.472 e. The molecule has 102 heavy (non-hydrogen) atoms. The van der Waals surface area contributed by atoms with Crippen molar-refractivity contribution >= 4 is 31.3 Å². The highest BCUT2D eigenvalue weighted by molar-refractivity contribution is 7.48. The number of terminal acetylenes is 1. The van der Waals surface area contributed by atoms with Crippen LogP contribution >= 0.6 is 7.82 Å². The summed E-state index contributed by atoms with van der Waals surface area (Å²) in [5.41, 5.74) is 0. The van der Waals surface area contributed by atoms with Crippen LogP contribution in [0.3, 0.4) is 0 Å². The molecule has 0 spiro atoms. The quantitative estimate of drug-likeness (QED) is 0.0114. The van der Waals surface area contributed by atoms with E-state index < -0.39 is 92.9 Å². The van der Waals surface area contributed by atoms with Crippen LogP contribution in [0.2, 0.25) is 0 Å². The molecule has 2 aliphatic rings. The fraction of sp³-hybridized carbons (Fsp3) is 0.687. The molecule has 18 nitrogen and oxygen atoms in total. The zero-order valence-corrected chi connectivity index (χ0v) is 63.7. The second kappa shape index (κ2) is 62.2. The van der Waals surface area contributed by atoms with Crippen LogP contribution in [0, 0.1) is 89.3 Å². The number of ether oxygens (including phenoxy) is 9. The molecule has 2 fully saturated rings. The van der Waals surface area contributed by atoms with E-state index in [1.165, 1.54) is 71.0 Å². The Kier molecular flexibility index (Phi) is 56.0. The number of carbonyl (C=O) groups is 4. The number of phosphoric acid groups is 1. The average molecular weight is 1440 g/mol. The van der Waals surface area contributed by atoms with E-state index in [1.807, 2.05) is 0 Å². The van der Waals surface area contributed by atoms with Crippen LogP contribution in [0.1, 0.15) is 247 Å². The number of hydrogen-bond donors (Lipinski definition) is 1. The Morgan fingerprint density at radius 2 is 1.13 bits per heavy atom. The minimum Gasteiger partial charge on any atom is -0.472 e. The van der Waals surface area contributed by atoms with Gasteiger partial charge in [0, 0.05) is 53.6 Å². The lowest BCUT2D eigenvalue weighted by atomic mass is 9.85. The van der Waals surface area contributed by atoms with E-state index in [4.69, 9.17) is 62.6 Å². The second-order valence-corrected chi connectivity index (χ2v) is 27.1. The Morgan fingerprint density at radius 1 is 0.588 bits per heavy atom. The number of Topliss-reactive ketones (excluding diaryl/α,β-unsaturated/α-hetero) is 2. The predicted molar refractivity (Wildman–Crippen MR) is 401 cm³/mol. The van der Waals surface area contributed by atoms with Crippen molar-refractivity contribution in [2.24, 2.45) is 5.92 Å². The second-order valence-electron chi connectivity index (χ2n) is 25.5. The van der Waals surface area contributed by atoms with Gasteiger partial charge in [0.1, 0.15) is 42.3 Å². The van der Waals surface area contributed by atoms with Gasteiger partial charge in [0.25, 0.3) is 0 Å². The number of esters is 1. The minimum absolute atomic E-state index is 0.0352. The summed E-state index contributed by atoms with van der Waals surface area (Å²) < 4.78 is 90.8. The number of allylic oxidation sites excluding steroid dienone is 3. The minimum atomic E-state index is -4.45. The summed E-state index contributed by atoms with van der Waals surface area (Å²) >= 11 is 0. The van der Waals surface area contributed by atoms with Crippen LogP contribution in [-0.2, 0) is 79.9 Å². The number of nitrogens with one attached hydrogen (secondary N) is 1. The highest BCUT2D eigenvalue weighted by Gasteiger charge is 2.53. The number of hydrogen-bond acceptors (Lipinski definition) is 17. The first kappa shape index (κ1) is 91.9. The van der Waals surface area contributed by atoms with Gasteiger partial charge in [0.2, 0.25) is 12.2 Å². The van der Waals surface area contributed by atoms with Crippen molar-refractivity contribution in [2.45, 2.75) is 308 Å². The molecule has 2 aliphatic heterocycles. The molecule has 0 aromatic rings. The van der Waals surface area contributed by atoms with E-state index in [2.05, 4.69) is 128 Å². The molecule has 0 saturated carbocycles.